The molecule has 6 nitrogen and oxygen atoms in total. The number of nitrogens with zero attached hydrogens (tertiary/aromatic N) is 2. The Balaban J connectivity index is 2.03. The highest BCUT2D eigenvalue weighted by Gasteiger charge is 2.14. The molecule has 0 fully saturated rings. The molecule has 102 valence electrons. The van der Waals surface area contributed by atoms with Crippen molar-refractivity contribution >= 4 is 11.6 Å². The second kappa shape index (κ2) is 5.71. The first kappa shape index (κ1) is 13.4. The Hall–Kier alpha value is -2.08. The number of likely N-dealkylation sites (N-methyl/N-ethyl adjacent to an activating group) is 1. The Kier molecular flexibility index (Phi) is 4.01. The molecule has 1 aliphatic rings. The van der Waals surface area contributed by atoms with Gasteiger partial charge in [-0.15, -0.1) is 0 Å². The van der Waals surface area contributed by atoms with Gasteiger partial charge in [-0.2, -0.15) is 5.10 Å². The van der Waals surface area contributed by atoms with E-state index in [1.807, 2.05) is 39.2 Å². The number of hydrazone groups is 1. The SMILES string of the molecule is C/C(=N/NC(=O)CN(C)C)c1ccc2c(c1)OCO2. The van der Waals surface area contributed by atoms with Crippen LogP contribution in [0.4, 0.5) is 0 Å². The monoisotopic (exact) mass is 263 g/mol. The molecule has 6 heteroatoms. The molecule has 0 bridgehead atoms. The molecule has 0 saturated carbocycles. The molecular formula is C13H17N3O3. The summed E-state index contributed by atoms with van der Waals surface area (Å²) in [6.07, 6.45) is 0. The minimum absolute atomic E-state index is 0.148. The summed E-state index contributed by atoms with van der Waals surface area (Å²) in [5.74, 6) is 1.28. The number of rotatable bonds is 4. The van der Waals surface area contributed by atoms with Crippen LogP contribution >= 0.6 is 0 Å². The third-order valence-electron chi connectivity index (χ3n) is 2.60. The molecule has 1 N–H and O–H groups in total. The number of fused-ring (bicyclic) bond motifs is 1. The van der Waals surface area contributed by atoms with Crippen molar-refractivity contribution < 1.29 is 14.3 Å². The molecule has 0 radical (unpaired) electrons. The van der Waals surface area contributed by atoms with Gasteiger partial charge in [0.25, 0.3) is 5.91 Å². The van der Waals surface area contributed by atoms with Gasteiger partial charge in [-0.1, -0.05) is 0 Å². The molecule has 0 aromatic heterocycles. The summed E-state index contributed by atoms with van der Waals surface area (Å²) in [5, 5.41) is 4.07. The minimum Gasteiger partial charge on any atom is -0.454 e. The maximum absolute atomic E-state index is 11.5. The van der Waals surface area contributed by atoms with Crippen LogP contribution in [0.15, 0.2) is 23.3 Å². The molecule has 0 spiro atoms. The highest BCUT2D eigenvalue weighted by atomic mass is 16.7. The molecule has 19 heavy (non-hydrogen) atoms. The normalized spacial score (nSPS) is 13.8. The fraction of sp³-hybridized carbons (Fsp3) is 0.385. The van der Waals surface area contributed by atoms with E-state index in [0.29, 0.717) is 18.0 Å². The number of nitrogens with one attached hydrogen (secondary N) is 1. The average Bonchev–Trinajstić information content (AvgIpc) is 2.82. The van der Waals surface area contributed by atoms with Crippen molar-refractivity contribution in [2.24, 2.45) is 5.10 Å². The van der Waals surface area contributed by atoms with Crippen molar-refractivity contribution in [2.75, 3.05) is 27.4 Å². The third kappa shape index (κ3) is 3.45. The largest absolute Gasteiger partial charge is 0.454 e. The van der Waals surface area contributed by atoms with Gasteiger partial charge in [-0.25, -0.2) is 5.43 Å². The molecular weight excluding hydrogens is 246 g/mol. The molecule has 2 rings (SSSR count). The number of amides is 1. The molecule has 0 aliphatic carbocycles. The number of ether oxygens (including phenoxy) is 2. The first-order valence-electron chi connectivity index (χ1n) is 5.94. The number of carbonyl (C=O) groups is 1. The summed E-state index contributed by atoms with van der Waals surface area (Å²) in [4.78, 5) is 13.3. The zero-order valence-electron chi connectivity index (χ0n) is 11.3. The van der Waals surface area contributed by atoms with E-state index in [1.54, 1.807) is 4.90 Å². The number of carbonyl (C=O) groups excluding carboxylic acids is 1. The van der Waals surface area contributed by atoms with E-state index in [4.69, 9.17) is 9.47 Å². The second-order valence-corrected chi connectivity index (χ2v) is 4.54. The zero-order valence-corrected chi connectivity index (χ0v) is 11.3. The summed E-state index contributed by atoms with van der Waals surface area (Å²) in [7, 11) is 3.65. The Morgan fingerprint density at radius 1 is 1.37 bits per heavy atom. The van der Waals surface area contributed by atoms with Crippen LogP contribution in [0, 0.1) is 0 Å². The smallest absolute Gasteiger partial charge is 0.254 e. The highest BCUT2D eigenvalue weighted by molar-refractivity contribution is 5.99. The summed E-state index contributed by atoms with van der Waals surface area (Å²) in [6, 6.07) is 5.56. The van der Waals surface area contributed by atoms with Crippen LogP contribution in [-0.4, -0.2) is 44.0 Å². The van der Waals surface area contributed by atoms with Gasteiger partial charge in [-0.3, -0.25) is 4.79 Å². The van der Waals surface area contributed by atoms with Crippen molar-refractivity contribution in [1.29, 1.82) is 0 Å². The zero-order chi connectivity index (χ0) is 13.8. The fourth-order valence-corrected chi connectivity index (χ4v) is 1.65. The molecule has 1 aromatic carbocycles. The Labute approximate surface area is 112 Å². The predicted octanol–water partition coefficient (Wildman–Crippen LogP) is 0.817. The van der Waals surface area contributed by atoms with Gasteiger partial charge < -0.3 is 14.4 Å². The lowest BCUT2D eigenvalue weighted by atomic mass is 10.1. The maximum atomic E-state index is 11.5. The van der Waals surface area contributed by atoms with E-state index in [0.717, 1.165) is 11.3 Å². The van der Waals surface area contributed by atoms with Crippen LogP contribution in [0.5, 0.6) is 11.5 Å². The first-order chi connectivity index (χ1) is 9.06. The van der Waals surface area contributed by atoms with Gasteiger partial charge in [0.1, 0.15) is 0 Å². The van der Waals surface area contributed by atoms with Gasteiger partial charge in [0.2, 0.25) is 6.79 Å². The van der Waals surface area contributed by atoms with Crippen LogP contribution in [0.25, 0.3) is 0 Å². The third-order valence-corrected chi connectivity index (χ3v) is 2.60. The van der Waals surface area contributed by atoms with Crippen LogP contribution < -0.4 is 14.9 Å². The van der Waals surface area contributed by atoms with Gasteiger partial charge in [0, 0.05) is 5.56 Å². The molecule has 1 aliphatic heterocycles. The molecule has 0 unspecified atom stereocenters. The number of hydrogen-bond donors (Lipinski definition) is 1. The molecule has 1 heterocycles. The molecule has 1 aromatic rings. The van der Waals surface area contributed by atoms with Crippen molar-refractivity contribution in [3.8, 4) is 11.5 Å². The van der Waals surface area contributed by atoms with Crippen molar-refractivity contribution in [3.05, 3.63) is 23.8 Å². The summed E-state index contributed by atoms with van der Waals surface area (Å²) in [5.41, 5.74) is 4.11. The summed E-state index contributed by atoms with van der Waals surface area (Å²) in [6.45, 7) is 2.37. The average molecular weight is 263 g/mol. The number of hydrogen-bond acceptors (Lipinski definition) is 5. The second-order valence-electron chi connectivity index (χ2n) is 4.54. The standard InChI is InChI=1S/C13H17N3O3/c1-9(14-15-13(17)7-16(2)3)10-4-5-11-12(6-10)19-8-18-11/h4-6H,7-8H2,1-3H3,(H,15,17)/b14-9-. The van der Waals surface area contributed by atoms with Crippen molar-refractivity contribution in [2.45, 2.75) is 6.92 Å². The van der Waals surface area contributed by atoms with E-state index in [2.05, 4.69) is 10.5 Å². The number of benzene rings is 1. The van der Waals surface area contributed by atoms with E-state index < -0.39 is 0 Å². The van der Waals surface area contributed by atoms with Crippen LogP contribution in [0.3, 0.4) is 0 Å². The summed E-state index contributed by atoms with van der Waals surface area (Å²) < 4.78 is 10.5. The van der Waals surface area contributed by atoms with Crippen molar-refractivity contribution in [3.63, 3.8) is 0 Å². The van der Waals surface area contributed by atoms with Gasteiger partial charge in [0.15, 0.2) is 11.5 Å². The Morgan fingerprint density at radius 3 is 2.84 bits per heavy atom. The lowest BCUT2D eigenvalue weighted by Crippen LogP contribution is -2.30. The van der Waals surface area contributed by atoms with E-state index in [-0.39, 0.29) is 12.7 Å². The fourth-order valence-electron chi connectivity index (χ4n) is 1.65. The lowest BCUT2D eigenvalue weighted by Gasteiger charge is -2.08. The first-order valence-corrected chi connectivity index (χ1v) is 5.94. The Morgan fingerprint density at radius 2 is 2.11 bits per heavy atom. The van der Waals surface area contributed by atoms with Crippen LogP contribution in [-0.2, 0) is 4.79 Å². The minimum atomic E-state index is -0.148. The quantitative estimate of drug-likeness (QED) is 0.645. The van der Waals surface area contributed by atoms with E-state index in [1.165, 1.54) is 0 Å². The maximum Gasteiger partial charge on any atom is 0.254 e. The summed E-state index contributed by atoms with van der Waals surface area (Å²) >= 11 is 0. The van der Waals surface area contributed by atoms with Crippen LogP contribution in [0.1, 0.15) is 12.5 Å². The Bertz CT molecular complexity index is 512. The van der Waals surface area contributed by atoms with Gasteiger partial charge in [-0.05, 0) is 39.2 Å². The topological polar surface area (TPSA) is 63.2 Å². The highest BCUT2D eigenvalue weighted by Crippen LogP contribution is 2.32. The van der Waals surface area contributed by atoms with E-state index >= 15 is 0 Å². The molecule has 1 amide bonds. The lowest BCUT2D eigenvalue weighted by molar-refractivity contribution is -0.121. The van der Waals surface area contributed by atoms with Gasteiger partial charge >= 0.3 is 0 Å². The molecule has 0 atom stereocenters. The van der Waals surface area contributed by atoms with E-state index in [9.17, 15) is 4.79 Å². The van der Waals surface area contributed by atoms with Crippen LogP contribution in [0.2, 0.25) is 0 Å². The predicted molar refractivity (Wildman–Crippen MR) is 71.5 cm³/mol. The van der Waals surface area contributed by atoms with Gasteiger partial charge in [0.05, 0.1) is 12.3 Å². The van der Waals surface area contributed by atoms with Crippen molar-refractivity contribution in [1.82, 2.24) is 10.3 Å². The molecule has 0 saturated heterocycles.